The van der Waals surface area contributed by atoms with E-state index in [2.05, 4.69) is 20.0 Å². The van der Waals surface area contributed by atoms with Crippen molar-refractivity contribution in [2.45, 2.75) is 30.1 Å². The molecular weight excluding hydrogens is 379 g/mol. The van der Waals surface area contributed by atoms with Gasteiger partial charge in [0, 0.05) is 5.69 Å². The number of benzene rings is 2. The quantitative estimate of drug-likeness (QED) is 0.578. The first-order valence-electron chi connectivity index (χ1n) is 8.12. The van der Waals surface area contributed by atoms with Crippen LogP contribution in [-0.2, 0) is 4.79 Å². The molecule has 3 aromatic rings. The number of hydrogen-bond donors (Lipinski definition) is 2. The second kappa shape index (κ2) is 7.91. The normalized spacial score (nSPS) is 12.7. The summed E-state index contributed by atoms with van der Waals surface area (Å²) in [5, 5.41) is 2.92. The maximum atomic E-state index is 12.5. The first-order chi connectivity index (χ1) is 12.8. The number of carbonyl (C=O) groups is 1. The van der Waals surface area contributed by atoms with E-state index in [-0.39, 0.29) is 11.7 Å². The Morgan fingerprint density at radius 2 is 1.93 bits per heavy atom. The molecule has 0 saturated carbocycles. The van der Waals surface area contributed by atoms with Crippen LogP contribution in [0.5, 0.6) is 5.75 Å². The fraction of sp³-hybridized carbons (Fsp3) is 0.222. The zero-order chi connectivity index (χ0) is 19.4. The van der Waals surface area contributed by atoms with Gasteiger partial charge in [-0.05, 0) is 42.8 Å². The van der Waals surface area contributed by atoms with Gasteiger partial charge in [-0.2, -0.15) is 0 Å². The number of alkyl halides is 3. The summed E-state index contributed by atoms with van der Waals surface area (Å²) < 4.78 is 40.4. The first-order valence-corrected chi connectivity index (χ1v) is 9.00. The summed E-state index contributed by atoms with van der Waals surface area (Å²) in [5.74, 6) is -0.600. The van der Waals surface area contributed by atoms with Gasteiger partial charge in [-0.25, -0.2) is 4.98 Å². The number of thioether (sulfide) groups is 1. The van der Waals surface area contributed by atoms with Gasteiger partial charge in [0.2, 0.25) is 5.91 Å². The molecule has 2 aromatic carbocycles. The van der Waals surface area contributed by atoms with Crippen LogP contribution in [0.4, 0.5) is 18.9 Å². The highest BCUT2D eigenvalue weighted by molar-refractivity contribution is 8.00. The van der Waals surface area contributed by atoms with E-state index in [0.29, 0.717) is 17.3 Å². The fourth-order valence-electron chi connectivity index (χ4n) is 2.40. The first kappa shape index (κ1) is 19.1. The molecule has 9 heteroatoms. The average molecular weight is 395 g/mol. The summed E-state index contributed by atoms with van der Waals surface area (Å²) in [6.45, 7) is 1.88. The number of aromatic amines is 1. The number of para-hydroxylation sites is 2. The number of imidazole rings is 1. The van der Waals surface area contributed by atoms with Crippen molar-refractivity contribution < 1.29 is 22.7 Å². The molecule has 1 heterocycles. The van der Waals surface area contributed by atoms with Crippen molar-refractivity contribution in [3.8, 4) is 5.75 Å². The Bertz CT molecular complexity index is 892. The zero-order valence-corrected chi connectivity index (χ0v) is 15.0. The van der Waals surface area contributed by atoms with Gasteiger partial charge in [0.15, 0.2) is 5.16 Å². The summed E-state index contributed by atoms with van der Waals surface area (Å²) in [4.78, 5) is 20.1. The molecule has 5 nitrogen and oxygen atoms in total. The van der Waals surface area contributed by atoms with Crippen molar-refractivity contribution >= 4 is 34.4 Å². The van der Waals surface area contributed by atoms with E-state index < -0.39 is 11.6 Å². The van der Waals surface area contributed by atoms with E-state index >= 15 is 0 Å². The summed E-state index contributed by atoms with van der Waals surface area (Å²) in [6, 6.07) is 12.6. The van der Waals surface area contributed by atoms with Crippen molar-refractivity contribution in [1.82, 2.24) is 9.97 Å². The van der Waals surface area contributed by atoms with Gasteiger partial charge in [0.25, 0.3) is 0 Å². The van der Waals surface area contributed by atoms with Crippen molar-refractivity contribution in [3.05, 3.63) is 48.5 Å². The minimum atomic E-state index is -4.75. The van der Waals surface area contributed by atoms with Gasteiger partial charge in [-0.1, -0.05) is 30.8 Å². The van der Waals surface area contributed by atoms with E-state index in [1.54, 1.807) is 0 Å². The van der Waals surface area contributed by atoms with Crippen molar-refractivity contribution in [2.75, 3.05) is 5.32 Å². The standard InChI is InChI=1S/C18H16F3N3O2S/c1-2-15(27-17-23-13-5-3-4-6-14(13)24-17)16(25)22-11-7-9-12(10-8-11)26-18(19,20)21/h3-10,15H,2H2,1H3,(H,22,25)(H,23,24)/t15-/m1/s1. The average Bonchev–Trinajstić information content (AvgIpc) is 3.02. The third kappa shape index (κ3) is 5.16. The number of rotatable bonds is 6. The third-order valence-electron chi connectivity index (χ3n) is 3.64. The number of aromatic nitrogens is 2. The highest BCUT2D eigenvalue weighted by Gasteiger charge is 2.31. The van der Waals surface area contributed by atoms with Gasteiger partial charge in [-0.3, -0.25) is 4.79 Å². The number of nitrogens with zero attached hydrogens (tertiary/aromatic N) is 1. The Morgan fingerprint density at radius 1 is 1.22 bits per heavy atom. The van der Waals surface area contributed by atoms with Gasteiger partial charge in [0.05, 0.1) is 16.3 Å². The van der Waals surface area contributed by atoms with Gasteiger partial charge in [0.1, 0.15) is 5.75 Å². The van der Waals surface area contributed by atoms with E-state index in [4.69, 9.17) is 0 Å². The lowest BCUT2D eigenvalue weighted by Gasteiger charge is -2.14. The highest BCUT2D eigenvalue weighted by atomic mass is 32.2. The summed E-state index contributed by atoms with van der Waals surface area (Å²) in [7, 11) is 0. The molecule has 0 fully saturated rings. The summed E-state index contributed by atoms with van der Waals surface area (Å²) >= 11 is 1.30. The summed E-state index contributed by atoms with van der Waals surface area (Å²) in [6.07, 6.45) is -4.19. The van der Waals surface area contributed by atoms with Crippen LogP contribution in [0, 0.1) is 0 Å². The van der Waals surface area contributed by atoms with Crippen LogP contribution < -0.4 is 10.1 Å². The number of H-pyrrole nitrogens is 1. The molecule has 2 N–H and O–H groups in total. The molecule has 0 spiro atoms. The number of fused-ring (bicyclic) bond motifs is 1. The summed E-state index contributed by atoms with van der Waals surface area (Å²) in [5.41, 5.74) is 2.09. The number of hydrogen-bond acceptors (Lipinski definition) is 4. The lowest BCUT2D eigenvalue weighted by Crippen LogP contribution is -2.24. The molecule has 0 bridgehead atoms. The number of carbonyl (C=O) groups excluding carboxylic acids is 1. The predicted octanol–water partition coefficient (Wildman–Crippen LogP) is 4.97. The van der Waals surface area contributed by atoms with Crippen molar-refractivity contribution in [2.24, 2.45) is 0 Å². The predicted molar refractivity (Wildman–Crippen MR) is 97.8 cm³/mol. The fourth-order valence-corrected chi connectivity index (χ4v) is 3.33. The van der Waals surface area contributed by atoms with E-state index in [1.807, 2.05) is 31.2 Å². The third-order valence-corrected chi connectivity index (χ3v) is 4.89. The Labute approximate surface area is 157 Å². The van der Waals surface area contributed by atoms with Crippen LogP contribution >= 0.6 is 11.8 Å². The van der Waals surface area contributed by atoms with Crippen molar-refractivity contribution in [3.63, 3.8) is 0 Å². The van der Waals surface area contributed by atoms with Crippen LogP contribution in [0.1, 0.15) is 13.3 Å². The number of halogens is 3. The number of ether oxygens (including phenoxy) is 1. The SMILES string of the molecule is CC[C@@H](Sc1nc2ccccc2[nH]1)C(=O)Nc1ccc(OC(F)(F)F)cc1. The second-order valence-corrected chi connectivity index (χ2v) is 6.83. The monoisotopic (exact) mass is 395 g/mol. The van der Waals surface area contributed by atoms with Crippen LogP contribution in [0.25, 0.3) is 11.0 Å². The van der Waals surface area contributed by atoms with E-state index in [9.17, 15) is 18.0 Å². The zero-order valence-electron chi connectivity index (χ0n) is 14.2. The highest BCUT2D eigenvalue weighted by Crippen LogP contribution is 2.27. The van der Waals surface area contributed by atoms with Crippen LogP contribution in [-0.4, -0.2) is 27.5 Å². The molecule has 3 rings (SSSR count). The second-order valence-electron chi connectivity index (χ2n) is 5.64. The molecule has 27 heavy (non-hydrogen) atoms. The molecule has 1 aromatic heterocycles. The molecular formula is C18H16F3N3O2S. The van der Waals surface area contributed by atoms with Crippen LogP contribution in [0.15, 0.2) is 53.7 Å². The number of amides is 1. The smallest absolute Gasteiger partial charge is 0.406 e. The largest absolute Gasteiger partial charge is 0.573 e. The minimum absolute atomic E-state index is 0.257. The van der Waals surface area contributed by atoms with Gasteiger partial charge in [-0.15, -0.1) is 13.2 Å². The Balaban J connectivity index is 1.64. The lowest BCUT2D eigenvalue weighted by atomic mass is 10.2. The van der Waals surface area contributed by atoms with Crippen molar-refractivity contribution in [1.29, 1.82) is 0 Å². The molecule has 0 aliphatic rings. The molecule has 1 atom stereocenters. The maximum Gasteiger partial charge on any atom is 0.573 e. The molecule has 0 aliphatic carbocycles. The van der Waals surface area contributed by atoms with E-state index in [0.717, 1.165) is 23.2 Å². The van der Waals surface area contributed by atoms with E-state index in [1.165, 1.54) is 23.9 Å². The number of anilines is 1. The minimum Gasteiger partial charge on any atom is -0.406 e. The molecule has 1 amide bonds. The number of nitrogens with one attached hydrogen (secondary N) is 2. The molecule has 0 saturated heterocycles. The van der Waals surface area contributed by atoms with Gasteiger partial charge < -0.3 is 15.0 Å². The Kier molecular flexibility index (Phi) is 5.59. The molecule has 0 aliphatic heterocycles. The Morgan fingerprint density at radius 3 is 2.56 bits per heavy atom. The maximum absolute atomic E-state index is 12.5. The molecule has 0 radical (unpaired) electrons. The van der Waals surface area contributed by atoms with Crippen LogP contribution in [0.2, 0.25) is 0 Å². The Hall–Kier alpha value is -2.68. The molecule has 142 valence electrons. The van der Waals surface area contributed by atoms with Gasteiger partial charge >= 0.3 is 6.36 Å². The lowest BCUT2D eigenvalue weighted by molar-refractivity contribution is -0.274. The topological polar surface area (TPSA) is 67.0 Å². The molecule has 0 unspecified atom stereocenters. The van der Waals surface area contributed by atoms with Crippen LogP contribution in [0.3, 0.4) is 0 Å².